The fourth-order valence-corrected chi connectivity index (χ4v) is 4.72. The molecular formula is C23H28N8OS. The van der Waals surface area contributed by atoms with Crippen molar-refractivity contribution in [2.75, 3.05) is 18.0 Å². The van der Waals surface area contributed by atoms with Crippen molar-refractivity contribution in [2.24, 2.45) is 21.2 Å². The Kier molecular flexibility index (Phi) is 7.56. The molecule has 0 saturated carbocycles. The van der Waals surface area contributed by atoms with Gasteiger partial charge in [0.1, 0.15) is 18.7 Å². The van der Waals surface area contributed by atoms with Crippen LogP contribution < -0.4 is 15.5 Å². The summed E-state index contributed by atoms with van der Waals surface area (Å²) in [4.78, 5) is 20.3. The molecule has 2 aromatic heterocycles. The normalized spacial score (nSPS) is 15.0. The van der Waals surface area contributed by atoms with Gasteiger partial charge in [-0.25, -0.2) is 19.9 Å². The number of hydrogen-bond donors (Lipinski definition) is 1. The van der Waals surface area contributed by atoms with E-state index in [9.17, 15) is 0 Å². The van der Waals surface area contributed by atoms with Gasteiger partial charge in [0.2, 0.25) is 5.95 Å². The van der Waals surface area contributed by atoms with Gasteiger partial charge in [-0.3, -0.25) is 0 Å². The molecule has 0 aliphatic carbocycles. The zero-order valence-electron chi connectivity index (χ0n) is 18.9. The first-order chi connectivity index (χ1) is 16.2. The summed E-state index contributed by atoms with van der Waals surface area (Å²) in [6.07, 6.45) is 8.23. The van der Waals surface area contributed by atoms with Crippen molar-refractivity contribution < 1.29 is 4.74 Å². The first-order valence-corrected chi connectivity index (χ1v) is 11.9. The summed E-state index contributed by atoms with van der Waals surface area (Å²) in [5.74, 6) is 7.08. The second-order valence-corrected chi connectivity index (χ2v) is 8.79. The molecule has 4 rings (SSSR count). The van der Waals surface area contributed by atoms with Crippen LogP contribution in [0.3, 0.4) is 0 Å². The highest BCUT2D eigenvalue weighted by molar-refractivity contribution is 7.09. The molecule has 10 heteroatoms. The van der Waals surface area contributed by atoms with Crippen LogP contribution in [0.2, 0.25) is 0 Å². The first-order valence-electron chi connectivity index (χ1n) is 11.0. The van der Waals surface area contributed by atoms with E-state index in [4.69, 9.17) is 15.6 Å². The highest BCUT2D eigenvalue weighted by Crippen LogP contribution is 2.32. The summed E-state index contributed by atoms with van der Waals surface area (Å²) in [5.41, 5.74) is 3.88. The van der Waals surface area contributed by atoms with Gasteiger partial charge in [-0.1, -0.05) is 12.1 Å². The third-order valence-corrected chi connectivity index (χ3v) is 6.71. The zero-order valence-corrected chi connectivity index (χ0v) is 19.7. The van der Waals surface area contributed by atoms with Gasteiger partial charge in [-0.05, 0) is 55.5 Å². The van der Waals surface area contributed by atoms with E-state index in [2.05, 4.69) is 42.5 Å². The number of anilines is 1. The number of thiazole rings is 1. The van der Waals surface area contributed by atoms with E-state index < -0.39 is 0 Å². The summed E-state index contributed by atoms with van der Waals surface area (Å²) in [7, 11) is 0. The van der Waals surface area contributed by atoms with Gasteiger partial charge in [0.15, 0.2) is 0 Å². The van der Waals surface area contributed by atoms with Crippen molar-refractivity contribution in [3.63, 3.8) is 0 Å². The molecule has 1 fully saturated rings. The second-order valence-electron chi connectivity index (χ2n) is 7.90. The fraction of sp³-hybridized carbons (Fsp3) is 0.391. The molecule has 1 aliphatic rings. The first kappa shape index (κ1) is 22.8. The predicted molar refractivity (Wildman–Crippen MR) is 130 cm³/mol. The third-order valence-electron chi connectivity index (χ3n) is 5.66. The maximum Gasteiger partial charge on any atom is 0.225 e. The van der Waals surface area contributed by atoms with Crippen molar-refractivity contribution in [3.05, 3.63) is 57.8 Å². The minimum absolute atomic E-state index is 0.442. The van der Waals surface area contributed by atoms with Crippen LogP contribution >= 0.6 is 11.3 Å². The Morgan fingerprint density at radius 3 is 2.73 bits per heavy atom. The fourth-order valence-electron chi connectivity index (χ4n) is 3.75. The number of aryl methyl sites for hydroxylation is 2. The average Bonchev–Trinajstić information content (AvgIpc) is 3.33. The van der Waals surface area contributed by atoms with Crippen molar-refractivity contribution in [1.29, 1.82) is 0 Å². The predicted octanol–water partition coefficient (Wildman–Crippen LogP) is 4.75. The van der Waals surface area contributed by atoms with E-state index >= 15 is 0 Å². The van der Waals surface area contributed by atoms with Crippen LogP contribution in [0.4, 0.5) is 11.6 Å². The molecule has 0 bridgehead atoms. The summed E-state index contributed by atoms with van der Waals surface area (Å²) >= 11 is 1.72. The van der Waals surface area contributed by atoms with Crippen LogP contribution in [0.5, 0.6) is 5.75 Å². The Morgan fingerprint density at radius 1 is 1.24 bits per heavy atom. The van der Waals surface area contributed by atoms with Gasteiger partial charge in [0, 0.05) is 36.8 Å². The van der Waals surface area contributed by atoms with Gasteiger partial charge in [0.05, 0.1) is 16.4 Å². The Morgan fingerprint density at radius 2 is 2.03 bits per heavy atom. The topological polar surface area (TPSA) is 114 Å². The molecule has 1 saturated heterocycles. The molecule has 172 valence electrons. The molecule has 1 aliphatic heterocycles. The van der Waals surface area contributed by atoms with E-state index in [-0.39, 0.29) is 0 Å². The Labute approximate surface area is 197 Å². The smallest absolute Gasteiger partial charge is 0.225 e. The number of aliphatic imine (C=N–C) groups is 1. The van der Waals surface area contributed by atoms with Crippen LogP contribution in [-0.4, -0.2) is 34.4 Å². The number of piperidine rings is 1. The van der Waals surface area contributed by atoms with Crippen molar-refractivity contribution in [3.8, 4) is 5.75 Å². The van der Waals surface area contributed by atoms with E-state index in [0.29, 0.717) is 12.5 Å². The molecule has 3 aromatic rings. The highest BCUT2D eigenvalue weighted by Gasteiger charge is 2.24. The average molecular weight is 465 g/mol. The van der Waals surface area contributed by atoms with Gasteiger partial charge < -0.3 is 15.5 Å². The maximum absolute atomic E-state index is 6.00. The molecule has 0 unspecified atom stereocenters. The summed E-state index contributed by atoms with van der Waals surface area (Å²) in [5, 5.41) is 9.96. The highest BCUT2D eigenvalue weighted by atomic mass is 32.1. The number of benzene rings is 1. The van der Waals surface area contributed by atoms with Gasteiger partial charge in [-0.2, -0.15) is 0 Å². The standard InChI is InChI=1S/C23H28N8OS/c1-3-17-11-25-23(26-12-17)31-8-6-18(7-9-31)22-29-20(14-33-22)13-32-21-5-4-19(10-16(21)2)27-15-28-30-24/h4-5,10-12,14-15,18H,3,6-9,13H2,1-2H3,(H2,24,27,28). The molecule has 33 heavy (non-hydrogen) atoms. The van der Waals surface area contributed by atoms with E-state index in [0.717, 1.165) is 61.0 Å². The molecule has 0 spiro atoms. The van der Waals surface area contributed by atoms with Crippen LogP contribution in [0, 0.1) is 6.92 Å². The molecule has 0 radical (unpaired) electrons. The maximum atomic E-state index is 6.00. The van der Waals surface area contributed by atoms with Crippen LogP contribution in [0.15, 0.2) is 51.3 Å². The van der Waals surface area contributed by atoms with Gasteiger partial charge in [0.25, 0.3) is 0 Å². The van der Waals surface area contributed by atoms with Crippen LogP contribution in [0.1, 0.15) is 47.5 Å². The number of nitrogens with two attached hydrogens (primary N) is 1. The van der Waals surface area contributed by atoms with Crippen LogP contribution in [0.25, 0.3) is 0 Å². The lowest BCUT2D eigenvalue weighted by Gasteiger charge is -2.31. The molecule has 0 amide bonds. The lowest BCUT2D eigenvalue weighted by atomic mass is 9.98. The number of nitrogens with zero attached hydrogens (tertiary/aromatic N) is 7. The summed E-state index contributed by atoms with van der Waals surface area (Å²) in [6.45, 7) is 6.43. The minimum Gasteiger partial charge on any atom is -0.487 e. The quantitative estimate of drug-likeness (QED) is 0.169. The molecular weight excluding hydrogens is 436 g/mol. The Balaban J connectivity index is 1.29. The number of hydrogen-bond acceptors (Lipinski definition) is 8. The third kappa shape index (κ3) is 5.89. The Bertz CT molecular complexity index is 1100. The summed E-state index contributed by atoms with van der Waals surface area (Å²) < 4.78 is 6.00. The minimum atomic E-state index is 0.442. The van der Waals surface area contributed by atoms with Gasteiger partial charge >= 0.3 is 0 Å². The number of rotatable bonds is 8. The van der Waals surface area contributed by atoms with Crippen LogP contribution in [-0.2, 0) is 13.0 Å². The molecule has 9 nitrogen and oxygen atoms in total. The number of aromatic nitrogens is 3. The summed E-state index contributed by atoms with van der Waals surface area (Å²) in [6, 6.07) is 5.70. The van der Waals surface area contributed by atoms with E-state index in [1.807, 2.05) is 37.5 Å². The van der Waals surface area contributed by atoms with Crippen molar-refractivity contribution in [1.82, 2.24) is 15.0 Å². The van der Waals surface area contributed by atoms with E-state index in [1.165, 1.54) is 16.9 Å². The number of ether oxygens (including phenoxy) is 1. The monoisotopic (exact) mass is 464 g/mol. The van der Waals surface area contributed by atoms with Crippen molar-refractivity contribution in [2.45, 2.75) is 45.6 Å². The zero-order chi connectivity index (χ0) is 23.0. The molecule has 0 atom stereocenters. The van der Waals surface area contributed by atoms with E-state index in [1.54, 1.807) is 11.3 Å². The van der Waals surface area contributed by atoms with Gasteiger partial charge in [-0.15, -0.1) is 16.5 Å². The Hall–Kier alpha value is -3.40. The largest absolute Gasteiger partial charge is 0.487 e. The molecule has 1 aromatic carbocycles. The molecule has 2 N–H and O–H groups in total. The lowest BCUT2D eigenvalue weighted by molar-refractivity contribution is 0.299. The SMILES string of the molecule is CCc1cnc(N2CCC(c3nc(COc4ccc(N=CN=NN)cc4C)cs3)CC2)nc1. The van der Waals surface area contributed by atoms with Crippen molar-refractivity contribution >= 4 is 29.3 Å². The second kappa shape index (κ2) is 11.0. The molecule has 3 heterocycles. The lowest BCUT2D eigenvalue weighted by Crippen LogP contribution is -2.34.